The summed E-state index contributed by atoms with van der Waals surface area (Å²) in [7, 11) is 4.23. The van der Waals surface area contributed by atoms with Gasteiger partial charge in [0.15, 0.2) is 0 Å². The van der Waals surface area contributed by atoms with Crippen LogP contribution in [0.1, 0.15) is 16.3 Å². The number of aromatic nitrogens is 3. The van der Waals surface area contributed by atoms with E-state index in [1.807, 2.05) is 6.07 Å². The largest absolute Gasteiger partial charge is 0.353 e. The van der Waals surface area contributed by atoms with E-state index < -0.39 is 0 Å². The zero-order valence-electron chi connectivity index (χ0n) is 13.4. The summed E-state index contributed by atoms with van der Waals surface area (Å²) in [4.78, 5) is 18.2. The van der Waals surface area contributed by atoms with Gasteiger partial charge in [-0.3, -0.25) is 0 Å². The molecular weight excluding hydrogens is 306 g/mol. The Kier molecular flexibility index (Phi) is 3.71. The molecule has 0 atom stereocenters. The molecule has 3 heterocycles. The van der Waals surface area contributed by atoms with Crippen molar-refractivity contribution in [3.8, 4) is 0 Å². The van der Waals surface area contributed by atoms with E-state index in [1.54, 1.807) is 17.7 Å². The molecule has 0 saturated heterocycles. The molecule has 0 spiro atoms. The topological polar surface area (TPSA) is 45.2 Å². The average Bonchev–Trinajstić information content (AvgIpc) is 2.96. The molecule has 2 aromatic heterocycles. The van der Waals surface area contributed by atoms with Gasteiger partial charge in [-0.25, -0.2) is 15.0 Å². The second-order valence-corrected chi connectivity index (χ2v) is 7.16. The second-order valence-electron chi connectivity index (χ2n) is 6.04. The molecule has 118 valence electrons. The summed E-state index contributed by atoms with van der Waals surface area (Å²) in [5, 5.41) is 1.12. The SMILES string of the molecule is CN1CCc2ncnc(N(C)Cc3nc4ccccc4s3)c2C1. The van der Waals surface area contributed by atoms with E-state index in [1.165, 1.54) is 16.0 Å². The van der Waals surface area contributed by atoms with Crippen LogP contribution in [0, 0.1) is 0 Å². The molecule has 0 N–H and O–H groups in total. The van der Waals surface area contributed by atoms with Gasteiger partial charge in [0, 0.05) is 32.1 Å². The van der Waals surface area contributed by atoms with Crippen molar-refractivity contribution in [1.82, 2.24) is 19.9 Å². The van der Waals surface area contributed by atoms with Gasteiger partial charge >= 0.3 is 0 Å². The standard InChI is InChI=1S/C17H19N5S/c1-21-8-7-13-12(9-21)17(19-11-18-13)22(2)10-16-20-14-5-3-4-6-15(14)23-16/h3-6,11H,7-10H2,1-2H3. The fourth-order valence-electron chi connectivity index (χ4n) is 3.06. The summed E-state index contributed by atoms with van der Waals surface area (Å²) >= 11 is 1.75. The lowest BCUT2D eigenvalue weighted by molar-refractivity contribution is 0.309. The van der Waals surface area contributed by atoms with Gasteiger partial charge in [0.2, 0.25) is 0 Å². The van der Waals surface area contributed by atoms with Crippen LogP contribution in [-0.4, -0.2) is 40.5 Å². The normalized spacial score (nSPS) is 14.9. The quantitative estimate of drug-likeness (QED) is 0.741. The van der Waals surface area contributed by atoms with E-state index in [0.717, 1.165) is 42.4 Å². The molecule has 1 aromatic carbocycles. The summed E-state index contributed by atoms with van der Waals surface area (Å²) in [6.07, 6.45) is 2.69. The molecule has 6 heteroatoms. The third-order valence-electron chi connectivity index (χ3n) is 4.24. The minimum absolute atomic E-state index is 0.770. The van der Waals surface area contributed by atoms with Crippen LogP contribution in [-0.2, 0) is 19.5 Å². The smallest absolute Gasteiger partial charge is 0.136 e. The van der Waals surface area contributed by atoms with Crippen molar-refractivity contribution >= 4 is 27.4 Å². The Morgan fingerprint density at radius 1 is 1.26 bits per heavy atom. The molecule has 3 aromatic rings. The first-order chi connectivity index (χ1) is 11.2. The van der Waals surface area contributed by atoms with Crippen LogP contribution in [0.3, 0.4) is 0 Å². The van der Waals surface area contributed by atoms with Gasteiger partial charge in [-0.05, 0) is 19.2 Å². The fourth-order valence-corrected chi connectivity index (χ4v) is 4.08. The van der Waals surface area contributed by atoms with Gasteiger partial charge in [-0.2, -0.15) is 0 Å². The lowest BCUT2D eigenvalue weighted by atomic mass is 10.1. The predicted molar refractivity (Wildman–Crippen MR) is 93.8 cm³/mol. The van der Waals surface area contributed by atoms with E-state index in [9.17, 15) is 0 Å². The number of likely N-dealkylation sites (N-methyl/N-ethyl adjacent to an activating group) is 1. The maximum Gasteiger partial charge on any atom is 0.136 e. The van der Waals surface area contributed by atoms with Gasteiger partial charge in [0.25, 0.3) is 0 Å². The van der Waals surface area contributed by atoms with Crippen LogP contribution in [0.5, 0.6) is 0 Å². The Morgan fingerprint density at radius 3 is 3.00 bits per heavy atom. The summed E-state index contributed by atoms with van der Waals surface area (Å²) in [6.45, 7) is 2.74. The van der Waals surface area contributed by atoms with E-state index in [4.69, 9.17) is 4.98 Å². The predicted octanol–water partition coefficient (Wildman–Crippen LogP) is 2.71. The Hall–Kier alpha value is -2.05. The summed E-state index contributed by atoms with van der Waals surface area (Å²) in [6, 6.07) is 8.28. The van der Waals surface area contributed by atoms with Crippen LogP contribution in [0.4, 0.5) is 5.82 Å². The number of anilines is 1. The lowest BCUT2D eigenvalue weighted by Gasteiger charge is -2.28. The Morgan fingerprint density at radius 2 is 2.13 bits per heavy atom. The zero-order chi connectivity index (χ0) is 15.8. The van der Waals surface area contributed by atoms with E-state index >= 15 is 0 Å². The number of fused-ring (bicyclic) bond motifs is 2. The number of nitrogens with zero attached hydrogens (tertiary/aromatic N) is 5. The maximum atomic E-state index is 4.73. The van der Waals surface area contributed by atoms with E-state index in [-0.39, 0.29) is 0 Å². The van der Waals surface area contributed by atoms with Crippen molar-refractivity contribution in [2.24, 2.45) is 0 Å². The molecule has 1 aliphatic rings. The number of hydrogen-bond acceptors (Lipinski definition) is 6. The minimum atomic E-state index is 0.770. The molecular formula is C17H19N5S. The molecule has 4 rings (SSSR count). The minimum Gasteiger partial charge on any atom is -0.353 e. The molecule has 23 heavy (non-hydrogen) atoms. The third kappa shape index (κ3) is 2.80. The number of para-hydroxylation sites is 1. The molecule has 0 bridgehead atoms. The highest BCUT2D eigenvalue weighted by Gasteiger charge is 2.21. The first-order valence-electron chi connectivity index (χ1n) is 7.77. The summed E-state index contributed by atoms with van der Waals surface area (Å²) < 4.78 is 1.24. The van der Waals surface area contributed by atoms with Gasteiger partial charge in [0.05, 0.1) is 22.5 Å². The highest BCUT2D eigenvalue weighted by molar-refractivity contribution is 7.18. The molecule has 0 aliphatic carbocycles. The highest BCUT2D eigenvalue weighted by Crippen LogP contribution is 2.27. The number of benzene rings is 1. The molecule has 0 fully saturated rings. The van der Waals surface area contributed by atoms with Crippen molar-refractivity contribution in [1.29, 1.82) is 0 Å². The lowest BCUT2D eigenvalue weighted by Crippen LogP contribution is -2.30. The van der Waals surface area contributed by atoms with Gasteiger partial charge in [-0.1, -0.05) is 12.1 Å². The first kappa shape index (κ1) is 14.5. The van der Waals surface area contributed by atoms with Gasteiger partial charge in [0.1, 0.15) is 17.2 Å². The maximum absolute atomic E-state index is 4.73. The van der Waals surface area contributed by atoms with Crippen LogP contribution < -0.4 is 4.90 Å². The van der Waals surface area contributed by atoms with Crippen molar-refractivity contribution in [3.05, 3.63) is 46.9 Å². The molecule has 5 nitrogen and oxygen atoms in total. The van der Waals surface area contributed by atoms with Crippen LogP contribution in [0.25, 0.3) is 10.2 Å². The molecule has 1 aliphatic heterocycles. The van der Waals surface area contributed by atoms with Crippen LogP contribution >= 0.6 is 11.3 Å². The van der Waals surface area contributed by atoms with E-state index in [2.05, 4.69) is 52.1 Å². The highest BCUT2D eigenvalue weighted by atomic mass is 32.1. The molecule has 0 radical (unpaired) electrons. The van der Waals surface area contributed by atoms with Crippen LogP contribution in [0.2, 0.25) is 0 Å². The van der Waals surface area contributed by atoms with Crippen LogP contribution in [0.15, 0.2) is 30.6 Å². The summed E-state index contributed by atoms with van der Waals surface area (Å²) in [5.41, 5.74) is 3.51. The van der Waals surface area contributed by atoms with Gasteiger partial charge < -0.3 is 9.80 Å². The Labute approximate surface area is 139 Å². The summed E-state index contributed by atoms with van der Waals surface area (Å²) in [5.74, 6) is 1.03. The number of rotatable bonds is 3. The van der Waals surface area contributed by atoms with Gasteiger partial charge in [-0.15, -0.1) is 11.3 Å². The van der Waals surface area contributed by atoms with Crippen molar-refractivity contribution in [3.63, 3.8) is 0 Å². The monoisotopic (exact) mass is 325 g/mol. The molecule has 0 saturated carbocycles. The fraction of sp³-hybridized carbons (Fsp3) is 0.353. The zero-order valence-corrected chi connectivity index (χ0v) is 14.2. The number of thiazole rings is 1. The van der Waals surface area contributed by atoms with Crippen molar-refractivity contribution < 1.29 is 0 Å². The first-order valence-corrected chi connectivity index (χ1v) is 8.59. The Bertz CT molecular complexity index is 811. The van der Waals surface area contributed by atoms with Crippen molar-refractivity contribution in [2.75, 3.05) is 25.5 Å². The Balaban J connectivity index is 1.63. The van der Waals surface area contributed by atoms with E-state index in [0.29, 0.717) is 0 Å². The van der Waals surface area contributed by atoms with Crippen molar-refractivity contribution in [2.45, 2.75) is 19.5 Å². The number of hydrogen-bond donors (Lipinski definition) is 0. The molecule has 0 unspecified atom stereocenters. The second kappa shape index (κ2) is 5.86. The molecule has 0 amide bonds. The average molecular weight is 325 g/mol. The third-order valence-corrected chi connectivity index (χ3v) is 5.26.